The summed E-state index contributed by atoms with van der Waals surface area (Å²) < 4.78 is 4.62. The minimum Gasteiger partial charge on any atom is -0.309 e. The Hall–Kier alpha value is -7.56. The molecule has 11 aromatic rings. The lowest BCUT2D eigenvalue weighted by atomic mass is 10.0. The molecule has 4 nitrogen and oxygen atoms in total. The van der Waals surface area contributed by atoms with E-state index in [0.717, 1.165) is 50.1 Å². The molecule has 3 heterocycles. The van der Waals surface area contributed by atoms with Crippen molar-refractivity contribution in [3.05, 3.63) is 206 Å². The van der Waals surface area contributed by atoms with Gasteiger partial charge in [-0.15, -0.1) is 0 Å². The fourth-order valence-corrected chi connectivity index (χ4v) is 8.26. The zero-order valence-electron chi connectivity index (χ0n) is 30.4. The van der Waals surface area contributed by atoms with E-state index in [1.165, 1.54) is 43.9 Å². The van der Waals surface area contributed by atoms with E-state index in [0.29, 0.717) is 5.95 Å². The zero-order valence-corrected chi connectivity index (χ0v) is 30.4. The molecule has 0 radical (unpaired) electrons. The van der Waals surface area contributed by atoms with Crippen LogP contribution in [0, 0.1) is 0 Å². The van der Waals surface area contributed by atoms with Crippen molar-refractivity contribution in [2.75, 3.05) is 0 Å². The van der Waals surface area contributed by atoms with Crippen molar-refractivity contribution in [2.45, 2.75) is 0 Å². The molecule has 56 heavy (non-hydrogen) atoms. The lowest BCUT2D eigenvalue weighted by Crippen LogP contribution is -2.04. The van der Waals surface area contributed by atoms with Gasteiger partial charge < -0.3 is 4.57 Å². The fraction of sp³-hybridized carbons (Fsp3) is 0. The molecule has 11 rings (SSSR count). The van der Waals surface area contributed by atoms with E-state index < -0.39 is 0 Å². The van der Waals surface area contributed by atoms with Crippen molar-refractivity contribution in [3.8, 4) is 56.4 Å². The number of nitrogens with zero attached hydrogens (tertiary/aromatic N) is 4. The van der Waals surface area contributed by atoms with Crippen LogP contribution in [0.4, 0.5) is 0 Å². The van der Waals surface area contributed by atoms with Crippen molar-refractivity contribution < 1.29 is 0 Å². The summed E-state index contributed by atoms with van der Waals surface area (Å²) in [7, 11) is 0. The molecule has 0 bridgehead atoms. The number of para-hydroxylation sites is 3. The number of hydrogen-bond acceptors (Lipinski definition) is 2. The Morgan fingerprint density at radius 1 is 0.268 bits per heavy atom. The number of hydrogen-bond donors (Lipinski definition) is 0. The maximum atomic E-state index is 5.39. The van der Waals surface area contributed by atoms with Crippen LogP contribution in [0.25, 0.3) is 100 Å². The Labute approximate surface area is 324 Å². The zero-order chi connectivity index (χ0) is 37.0. The summed E-state index contributed by atoms with van der Waals surface area (Å²) in [5.41, 5.74) is 14.1. The summed E-state index contributed by atoms with van der Waals surface area (Å²) in [6.45, 7) is 0. The van der Waals surface area contributed by atoms with Crippen molar-refractivity contribution in [1.82, 2.24) is 19.1 Å². The summed E-state index contributed by atoms with van der Waals surface area (Å²) in [6.07, 6.45) is 0. The maximum Gasteiger partial charge on any atom is 0.235 e. The van der Waals surface area contributed by atoms with Gasteiger partial charge in [-0.05, 0) is 64.7 Å². The van der Waals surface area contributed by atoms with Gasteiger partial charge >= 0.3 is 0 Å². The van der Waals surface area contributed by atoms with Gasteiger partial charge in [0.1, 0.15) is 0 Å². The molecule has 0 amide bonds. The van der Waals surface area contributed by atoms with Crippen molar-refractivity contribution in [1.29, 1.82) is 0 Å². The highest BCUT2D eigenvalue weighted by Gasteiger charge is 2.20. The third kappa shape index (κ3) is 5.31. The first-order chi connectivity index (χ1) is 27.8. The molecule has 0 unspecified atom stereocenters. The molecule has 0 atom stereocenters. The van der Waals surface area contributed by atoms with Crippen LogP contribution in [0.5, 0.6) is 0 Å². The van der Waals surface area contributed by atoms with Gasteiger partial charge in [-0.25, -0.2) is 9.97 Å². The third-order valence-corrected chi connectivity index (χ3v) is 11.0. The molecule has 4 heteroatoms. The summed E-state index contributed by atoms with van der Waals surface area (Å²) in [6, 6.07) is 73.2. The van der Waals surface area contributed by atoms with Crippen LogP contribution in [0.3, 0.4) is 0 Å². The van der Waals surface area contributed by atoms with Crippen LogP contribution in [-0.4, -0.2) is 19.1 Å². The standard InChI is InChI=1S/C52H34N4/c1-4-14-35(15-5-1)37-24-28-39(29-25-37)46-33-47(40-30-26-38(27-31-40)36-16-6-2-7-17-36)54-52(53-46)56-49-23-13-11-21-43(49)45-32-44-42-20-10-12-22-48(42)55(50(44)34-51(45)56)41-18-8-3-9-19-41/h1-34H. The van der Waals surface area contributed by atoms with Gasteiger partial charge in [-0.1, -0.05) is 164 Å². The van der Waals surface area contributed by atoms with E-state index in [1.807, 2.05) is 0 Å². The van der Waals surface area contributed by atoms with Gasteiger partial charge in [-0.3, -0.25) is 4.57 Å². The molecule has 0 spiro atoms. The maximum absolute atomic E-state index is 5.39. The highest BCUT2D eigenvalue weighted by Crippen LogP contribution is 2.40. The number of rotatable bonds is 6. The molecule has 0 N–H and O–H groups in total. The number of benzene rings is 8. The van der Waals surface area contributed by atoms with Crippen LogP contribution < -0.4 is 0 Å². The molecule has 0 aliphatic rings. The fourth-order valence-electron chi connectivity index (χ4n) is 8.26. The molecule has 0 saturated carbocycles. The van der Waals surface area contributed by atoms with Gasteiger partial charge in [0, 0.05) is 38.4 Å². The summed E-state index contributed by atoms with van der Waals surface area (Å²) >= 11 is 0. The molecular formula is C52H34N4. The van der Waals surface area contributed by atoms with Crippen LogP contribution in [0.15, 0.2) is 206 Å². The van der Waals surface area contributed by atoms with Gasteiger partial charge in [0.15, 0.2) is 0 Å². The van der Waals surface area contributed by atoms with Crippen LogP contribution in [-0.2, 0) is 0 Å². The Bertz CT molecular complexity index is 3100. The van der Waals surface area contributed by atoms with Crippen molar-refractivity contribution >= 4 is 43.6 Å². The molecule has 8 aromatic carbocycles. The molecule has 0 aliphatic carbocycles. The summed E-state index contributed by atoms with van der Waals surface area (Å²) in [5, 5.41) is 4.77. The highest BCUT2D eigenvalue weighted by molar-refractivity contribution is 6.19. The van der Waals surface area contributed by atoms with Gasteiger partial charge in [-0.2, -0.15) is 0 Å². The Morgan fingerprint density at radius 2 is 0.661 bits per heavy atom. The minimum absolute atomic E-state index is 0.629. The number of fused-ring (bicyclic) bond motifs is 6. The first-order valence-electron chi connectivity index (χ1n) is 19.0. The average Bonchev–Trinajstić information content (AvgIpc) is 3.78. The predicted octanol–water partition coefficient (Wildman–Crippen LogP) is 13.3. The minimum atomic E-state index is 0.629. The Balaban J connectivity index is 1.16. The monoisotopic (exact) mass is 714 g/mol. The number of aromatic nitrogens is 4. The third-order valence-electron chi connectivity index (χ3n) is 11.0. The van der Waals surface area contributed by atoms with E-state index in [9.17, 15) is 0 Å². The molecule has 0 aliphatic heterocycles. The second-order valence-corrected chi connectivity index (χ2v) is 14.3. The van der Waals surface area contributed by atoms with Gasteiger partial charge in [0.2, 0.25) is 5.95 Å². The molecule has 0 saturated heterocycles. The second-order valence-electron chi connectivity index (χ2n) is 14.3. The highest BCUT2D eigenvalue weighted by atomic mass is 15.2. The quantitative estimate of drug-likeness (QED) is 0.172. The van der Waals surface area contributed by atoms with Crippen molar-refractivity contribution in [3.63, 3.8) is 0 Å². The largest absolute Gasteiger partial charge is 0.309 e. The van der Waals surface area contributed by atoms with E-state index in [2.05, 4.69) is 215 Å². The first kappa shape index (κ1) is 31.9. The van der Waals surface area contributed by atoms with Crippen molar-refractivity contribution in [2.24, 2.45) is 0 Å². The first-order valence-corrected chi connectivity index (χ1v) is 19.0. The van der Waals surface area contributed by atoms with Crippen LogP contribution in [0.1, 0.15) is 0 Å². The summed E-state index contributed by atoms with van der Waals surface area (Å²) in [5.74, 6) is 0.629. The molecule has 262 valence electrons. The van der Waals surface area contributed by atoms with E-state index in [1.54, 1.807) is 0 Å². The lowest BCUT2D eigenvalue weighted by molar-refractivity contribution is 0.995. The predicted molar refractivity (Wildman–Crippen MR) is 232 cm³/mol. The SMILES string of the molecule is c1ccc(-c2ccc(-c3cc(-c4ccc(-c5ccccc5)cc4)nc(-n4c5ccccc5c5cc6c7ccccc7n(-c7ccccc7)c6cc54)n3)cc2)cc1. The second kappa shape index (κ2) is 13.1. The Kier molecular flexibility index (Phi) is 7.46. The van der Waals surface area contributed by atoms with Gasteiger partial charge in [0.05, 0.1) is 33.5 Å². The van der Waals surface area contributed by atoms with Crippen LogP contribution in [0.2, 0.25) is 0 Å². The topological polar surface area (TPSA) is 35.6 Å². The average molecular weight is 715 g/mol. The van der Waals surface area contributed by atoms with E-state index >= 15 is 0 Å². The van der Waals surface area contributed by atoms with Gasteiger partial charge in [0.25, 0.3) is 0 Å². The molecule has 0 fully saturated rings. The summed E-state index contributed by atoms with van der Waals surface area (Å²) in [4.78, 5) is 10.8. The molecule has 3 aromatic heterocycles. The smallest absolute Gasteiger partial charge is 0.235 e. The van der Waals surface area contributed by atoms with E-state index in [4.69, 9.17) is 9.97 Å². The van der Waals surface area contributed by atoms with E-state index in [-0.39, 0.29) is 0 Å². The molecular weight excluding hydrogens is 681 g/mol. The normalized spacial score (nSPS) is 11.6. The Morgan fingerprint density at radius 3 is 1.18 bits per heavy atom. The lowest BCUT2D eigenvalue weighted by Gasteiger charge is -2.13. The van der Waals surface area contributed by atoms with Crippen LogP contribution >= 0.6 is 0 Å².